The second-order valence-electron chi connectivity index (χ2n) is 5.61. The number of nitrogens with zero attached hydrogens (tertiary/aromatic N) is 5. The smallest absolute Gasteiger partial charge is 0.266 e. The summed E-state index contributed by atoms with van der Waals surface area (Å²) in [6, 6.07) is 9.43. The molecule has 0 saturated heterocycles. The van der Waals surface area contributed by atoms with Crippen molar-refractivity contribution in [1.29, 1.82) is 0 Å². The number of aromatic nitrogens is 5. The fourth-order valence-corrected chi connectivity index (χ4v) is 2.33. The number of anilines is 1. The van der Waals surface area contributed by atoms with Gasteiger partial charge in [0.15, 0.2) is 5.82 Å². The number of carbonyl (C=O) groups excluding carboxylic acids is 2. The van der Waals surface area contributed by atoms with Gasteiger partial charge in [-0.3, -0.25) is 14.4 Å². The molecule has 0 atom stereocenters. The Hall–Kier alpha value is -3.82. The van der Waals surface area contributed by atoms with Crippen molar-refractivity contribution >= 4 is 17.5 Å². The highest BCUT2D eigenvalue weighted by molar-refractivity contribution is 5.95. The van der Waals surface area contributed by atoms with E-state index in [0.29, 0.717) is 17.1 Å². The van der Waals surface area contributed by atoms with Crippen LogP contribution < -0.4 is 16.2 Å². The van der Waals surface area contributed by atoms with Gasteiger partial charge in [0.25, 0.3) is 11.5 Å². The molecule has 0 aliphatic heterocycles. The van der Waals surface area contributed by atoms with Gasteiger partial charge in [0.1, 0.15) is 12.7 Å². The van der Waals surface area contributed by atoms with Gasteiger partial charge in [0.2, 0.25) is 5.91 Å². The predicted octanol–water partition coefficient (Wildman–Crippen LogP) is 0.212. The number of nitrogens with one attached hydrogen (secondary N) is 2. The Kier molecular flexibility index (Phi) is 5.36. The van der Waals surface area contributed by atoms with Crippen molar-refractivity contribution in [2.45, 2.75) is 13.5 Å². The second-order valence-corrected chi connectivity index (χ2v) is 5.61. The van der Waals surface area contributed by atoms with Crippen LogP contribution in [0.1, 0.15) is 17.3 Å². The van der Waals surface area contributed by atoms with Crippen LogP contribution in [0.25, 0.3) is 5.82 Å². The third-order valence-electron chi connectivity index (χ3n) is 3.58. The molecule has 0 saturated carbocycles. The molecule has 0 fully saturated rings. The standard InChI is InChI=1S/C17H17N7O3/c1-12(25)21-14-4-2-13(3-5-14)17(27)19-8-9-23-16(26)7-6-15(22-23)24-11-18-10-20-24/h2-7,10-11H,8-9H2,1H3,(H,19,27)(H,21,25). The Labute approximate surface area is 153 Å². The van der Waals surface area contributed by atoms with Crippen LogP contribution in [0.2, 0.25) is 0 Å². The molecule has 1 aromatic carbocycles. The Morgan fingerprint density at radius 3 is 2.56 bits per heavy atom. The number of hydrogen-bond acceptors (Lipinski definition) is 6. The van der Waals surface area contributed by atoms with Crippen LogP contribution in [0.5, 0.6) is 0 Å². The summed E-state index contributed by atoms with van der Waals surface area (Å²) < 4.78 is 2.68. The minimum absolute atomic E-state index is 0.182. The maximum absolute atomic E-state index is 12.2. The van der Waals surface area contributed by atoms with Crippen molar-refractivity contribution in [3.63, 3.8) is 0 Å². The molecule has 2 N–H and O–H groups in total. The summed E-state index contributed by atoms with van der Waals surface area (Å²) in [7, 11) is 0. The van der Waals surface area contributed by atoms with Crippen LogP contribution in [-0.2, 0) is 11.3 Å². The van der Waals surface area contributed by atoms with E-state index < -0.39 is 0 Å². The maximum atomic E-state index is 12.2. The fourth-order valence-electron chi connectivity index (χ4n) is 2.33. The van der Waals surface area contributed by atoms with Crippen molar-refractivity contribution in [3.05, 3.63) is 65.0 Å². The van der Waals surface area contributed by atoms with E-state index in [1.165, 1.54) is 35.0 Å². The molecule has 2 aromatic heterocycles. The first kappa shape index (κ1) is 18.0. The minimum Gasteiger partial charge on any atom is -0.350 e. The average Bonchev–Trinajstić information content (AvgIpc) is 3.18. The Balaban J connectivity index is 1.59. The normalized spacial score (nSPS) is 10.4. The first-order valence-electron chi connectivity index (χ1n) is 8.12. The van der Waals surface area contributed by atoms with Crippen LogP contribution in [0, 0.1) is 0 Å². The number of benzene rings is 1. The topological polar surface area (TPSA) is 124 Å². The third-order valence-corrected chi connectivity index (χ3v) is 3.58. The van der Waals surface area contributed by atoms with Crippen molar-refractivity contribution in [2.75, 3.05) is 11.9 Å². The molecule has 138 valence electrons. The molecular formula is C17H17N7O3. The largest absolute Gasteiger partial charge is 0.350 e. The molecule has 0 spiro atoms. The Bertz CT molecular complexity index is 994. The summed E-state index contributed by atoms with van der Waals surface area (Å²) >= 11 is 0. The van der Waals surface area contributed by atoms with Gasteiger partial charge >= 0.3 is 0 Å². The van der Waals surface area contributed by atoms with Gasteiger partial charge in [0, 0.05) is 30.8 Å². The van der Waals surface area contributed by atoms with Crippen LogP contribution in [0.4, 0.5) is 5.69 Å². The molecule has 0 unspecified atom stereocenters. The van der Waals surface area contributed by atoms with Crippen LogP contribution >= 0.6 is 0 Å². The SMILES string of the molecule is CC(=O)Nc1ccc(C(=O)NCCn2nc(-n3cncn3)ccc2=O)cc1. The average molecular weight is 367 g/mol. The van der Waals surface area contributed by atoms with Gasteiger partial charge < -0.3 is 10.6 Å². The van der Waals surface area contributed by atoms with Crippen LogP contribution in [-0.4, -0.2) is 42.9 Å². The molecule has 10 heteroatoms. The number of hydrogen-bond donors (Lipinski definition) is 2. The fraction of sp³-hybridized carbons (Fsp3) is 0.176. The molecular weight excluding hydrogens is 350 g/mol. The zero-order valence-electron chi connectivity index (χ0n) is 14.5. The number of carbonyl (C=O) groups is 2. The molecule has 0 aliphatic rings. The lowest BCUT2D eigenvalue weighted by molar-refractivity contribution is -0.114. The number of amides is 2. The monoisotopic (exact) mass is 367 g/mol. The highest BCUT2D eigenvalue weighted by Crippen LogP contribution is 2.09. The van der Waals surface area contributed by atoms with E-state index in [0.717, 1.165) is 0 Å². The zero-order chi connectivity index (χ0) is 19.2. The highest BCUT2D eigenvalue weighted by atomic mass is 16.2. The lowest BCUT2D eigenvalue weighted by atomic mass is 10.2. The van der Waals surface area contributed by atoms with E-state index >= 15 is 0 Å². The molecule has 0 radical (unpaired) electrons. The molecule has 0 bridgehead atoms. The van der Waals surface area contributed by atoms with Gasteiger partial charge in [-0.05, 0) is 30.3 Å². The lowest BCUT2D eigenvalue weighted by Gasteiger charge is -2.09. The van der Waals surface area contributed by atoms with E-state index in [9.17, 15) is 14.4 Å². The van der Waals surface area contributed by atoms with Crippen LogP contribution in [0.3, 0.4) is 0 Å². The second kappa shape index (κ2) is 8.04. The summed E-state index contributed by atoms with van der Waals surface area (Å²) in [5.41, 5.74) is 0.772. The van der Waals surface area contributed by atoms with Gasteiger partial charge in [0.05, 0.1) is 6.54 Å². The molecule has 2 amide bonds. The lowest BCUT2D eigenvalue weighted by Crippen LogP contribution is -2.32. The number of rotatable bonds is 6. The molecule has 3 aromatic rings. The zero-order valence-corrected chi connectivity index (χ0v) is 14.5. The predicted molar refractivity (Wildman–Crippen MR) is 96.5 cm³/mol. The van der Waals surface area contributed by atoms with Gasteiger partial charge in [-0.25, -0.2) is 14.3 Å². The summed E-state index contributed by atoms with van der Waals surface area (Å²) in [5, 5.41) is 13.5. The highest BCUT2D eigenvalue weighted by Gasteiger charge is 2.07. The molecule has 10 nitrogen and oxygen atoms in total. The first-order chi connectivity index (χ1) is 13.0. The van der Waals surface area contributed by atoms with E-state index in [-0.39, 0.29) is 30.5 Å². The Morgan fingerprint density at radius 1 is 1.11 bits per heavy atom. The van der Waals surface area contributed by atoms with Gasteiger partial charge in [-0.15, -0.1) is 5.10 Å². The molecule has 0 aliphatic carbocycles. The first-order valence-corrected chi connectivity index (χ1v) is 8.12. The molecule has 3 rings (SSSR count). The van der Waals surface area contributed by atoms with Crippen molar-refractivity contribution in [3.8, 4) is 5.82 Å². The summed E-state index contributed by atoms with van der Waals surface area (Å²) in [5.74, 6) is -0.0184. The van der Waals surface area contributed by atoms with Crippen molar-refractivity contribution in [1.82, 2.24) is 29.9 Å². The van der Waals surface area contributed by atoms with E-state index in [1.54, 1.807) is 30.3 Å². The van der Waals surface area contributed by atoms with Gasteiger partial charge in [-0.1, -0.05) is 0 Å². The minimum atomic E-state index is -0.287. The van der Waals surface area contributed by atoms with Gasteiger partial charge in [-0.2, -0.15) is 5.10 Å². The third kappa shape index (κ3) is 4.63. The van der Waals surface area contributed by atoms with Crippen molar-refractivity contribution in [2.24, 2.45) is 0 Å². The van der Waals surface area contributed by atoms with Crippen molar-refractivity contribution < 1.29 is 9.59 Å². The molecule has 2 heterocycles. The van der Waals surface area contributed by atoms with E-state index in [4.69, 9.17) is 0 Å². The summed E-state index contributed by atoms with van der Waals surface area (Å²) in [6.45, 7) is 1.84. The Morgan fingerprint density at radius 2 is 1.89 bits per heavy atom. The van der Waals surface area contributed by atoms with E-state index in [1.807, 2.05) is 0 Å². The summed E-state index contributed by atoms with van der Waals surface area (Å²) in [4.78, 5) is 38.9. The molecule has 27 heavy (non-hydrogen) atoms. The summed E-state index contributed by atoms with van der Waals surface area (Å²) in [6.07, 6.45) is 2.85. The maximum Gasteiger partial charge on any atom is 0.266 e. The quantitative estimate of drug-likeness (QED) is 0.642. The van der Waals surface area contributed by atoms with Crippen LogP contribution in [0.15, 0.2) is 53.8 Å². The van der Waals surface area contributed by atoms with E-state index in [2.05, 4.69) is 25.8 Å².